The zero-order valence-corrected chi connectivity index (χ0v) is 12.7. The summed E-state index contributed by atoms with van der Waals surface area (Å²) in [6.45, 7) is 0.966. The second-order valence-corrected chi connectivity index (χ2v) is 4.93. The highest BCUT2D eigenvalue weighted by atomic mass is 16.2. The second-order valence-electron chi connectivity index (χ2n) is 4.93. The number of nitrogens with one attached hydrogen (secondary N) is 2. The van der Waals surface area contributed by atoms with Crippen molar-refractivity contribution in [1.82, 2.24) is 10.6 Å². The van der Waals surface area contributed by atoms with Crippen molar-refractivity contribution < 1.29 is 9.59 Å². The minimum atomic E-state index is -0.684. The average molecular weight is 316 g/mol. The largest absolute Gasteiger partial charge is 0.370 e. The molecule has 0 aromatic heterocycles. The minimum Gasteiger partial charge on any atom is -0.370 e. The molecular formula is C12H28N8O2. The molecule has 0 spiro atoms. The number of hydrogen-bond acceptors (Lipinski definition) is 7. The smallest absolute Gasteiger partial charge is 0.237 e. The molecule has 0 unspecified atom stereocenters. The lowest BCUT2D eigenvalue weighted by Crippen LogP contribution is -2.47. The highest BCUT2D eigenvalue weighted by Crippen LogP contribution is 1.99. The molecule has 0 radical (unpaired) electrons. The summed E-state index contributed by atoms with van der Waals surface area (Å²) < 4.78 is 0. The van der Waals surface area contributed by atoms with Crippen molar-refractivity contribution in [1.29, 1.82) is 0 Å². The van der Waals surface area contributed by atoms with Crippen LogP contribution < -0.4 is 39.3 Å². The third-order valence-corrected chi connectivity index (χ3v) is 2.87. The molecule has 1 amide bonds. The van der Waals surface area contributed by atoms with Gasteiger partial charge in [-0.05, 0) is 32.2 Å². The monoisotopic (exact) mass is 316 g/mol. The molecule has 0 fully saturated rings. The van der Waals surface area contributed by atoms with Crippen molar-refractivity contribution in [3.63, 3.8) is 0 Å². The summed E-state index contributed by atoms with van der Waals surface area (Å²) in [6.07, 6.45) is 2.22. The fraction of sp³-hybridized carbons (Fsp3) is 0.750. The third-order valence-electron chi connectivity index (χ3n) is 2.87. The quantitative estimate of drug-likeness (QED) is 0.0635. The molecule has 0 bridgehead atoms. The van der Waals surface area contributed by atoms with Gasteiger partial charge in [-0.15, -0.1) is 0 Å². The number of nitrogens with two attached hydrogens (primary N) is 5. The third kappa shape index (κ3) is 11.0. The second kappa shape index (κ2) is 11.9. The molecule has 22 heavy (non-hydrogen) atoms. The van der Waals surface area contributed by atoms with Gasteiger partial charge in [0.15, 0.2) is 5.96 Å². The van der Waals surface area contributed by atoms with Gasteiger partial charge in [0.2, 0.25) is 5.91 Å². The Morgan fingerprint density at radius 3 is 2.36 bits per heavy atom. The molecule has 0 saturated carbocycles. The fourth-order valence-electron chi connectivity index (χ4n) is 1.71. The van der Waals surface area contributed by atoms with Crippen LogP contribution >= 0.6 is 0 Å². The molecule has 12 N–H and O–H groups in total. The lowest BCUT2D eigenvalue weighted by atomic mass is 10.1. The number of amides is 1. The predicted molar refractivity (Wildman–Crippen MR) is 85.3 cm³/mol. The van der Waals surface area contributed by atoms with Gasteiger partial charge in [0.25, 0.3) is 0 Å². The predicted octanol–water partition coefficient (Wildman–Crippen LogP) is -3.38. The number of guanidine groups is 1. The van der Waals surface area contributed by atoms with Crippen molar-refractivity contribution in [2.75, 3.05) is 13.1 Å². The lowest BCUT2D eigenvalue weighted by molar-refractivity contribution is -0.125. The van der Waals surface area contributed by atoms with Crippen LogP contribution in [0.25, 0.3) is 0 Å². The highest BCUT2D eigenvalue weighted by molar-refractivity contribution is 5.84. The fourth-order valence-corrected chi connectivity index (χ4v) is 1.71. The van der Waals surface area contributed by atoms with Gasteiger partial charge in [-0.3, -0.25) is 15.1 Å². The topological polar surface area (TPSA) is 201 Å². The van der Waals surface area contributed by atoms with E-state index in [1.54, 1.807) is 0 Å². The maximum absolute atomic E-state index is 11.8. The summed E-state index contributed by atoms with van der Waals surface area (Å²) in [5.41, 5.74) is 26.8. The Balaban J connectivity index is 3.97. The van der Waals surface area contributed by atoms with E-state index in [0.29, 0.717) is 45.1 Å². The lowest BCUT2D eigenvalue weighted by Gasteiger charge is -2.17. The van der Waals surface area contributed by atoms with Crippen LogP contribution in [-0.2, 0) is 9.59 Å². The molecular weight excluding hydrogens is 288 g/mol. The van der Waals surface area contributed by atoms with Crippen molar-refractivity contribution in [3.05, 3.63) is 0 Å². The average Bonchev–Trinajstić information content (AvgIpc) is 2.45. The van der Waals surface area contributed by atoms with Crippen LogP contribution in [0.15, 0.2) is 4.99 Å². The minimum absolute atomic E-state index is 0.000446. The van der Waals surface area contributed by atoms with Crippen LogP contribution in [-0.4, -0.2) is 49.6 Å². The first-order valence-electron chi connectivity index (χ1n) is 7.18. The molecule has 0 aromatic rings. The molecule has 10 heteroatoms. The van der Waals surface area contributed by atoms with Gasteiger partial charge in [0.1, 0.15) is 12.6 Å². The first-order chi connectivity index (χ1) is 10.4. The number of hydrogen-bond donors (Lipinski definition) is 7. The first-order valence-corrected chi connectivity index (χ1v) is 7.18. The molecule has 0 aliphatic heterocycles. The van der Waals surface area contributed by atoms with E-state index in [1.807, 2.05) is 0 Å². The summed E-state index contributed by atoms with van der Waals surface area (Å²) in [7, 11) is 0. The van der Waals surface area contributed by atoms with Gasteiger partial charge in [-0.2, -0.15) is 0 Å². The van der Waals surface area contributed by atoms with Crippen molar-refractivity contribution >= 4 is 18.2 Å². The van der Waals surface area contributed by atoms with Gasteiger partial charge in [0, 0.05) is 6.54 Å². The van der Waals surface area contributed by atoms with Gasteiger partial charge >= 0.3 is 0 Å². The zero-order valence-electron chi connectivity index (χ0n) is 12.7. The first kappa shape index (κ1) is 20.2. The summed E-state index contributed by atoms with van der Waals surface area (Å²) in [4.78, 5) is 26.6. The van der Waals surface area contributed by atoms with E-state index in [9.17, 15) is 9.59 Å². The Morgan fingerprint density at radius 2 is 1.82 bits per heavy atom. The SMILES string of the molecule is NC(N)=NCCC[C@H](C=O)NC(=O)[C@H](N)CCCNC(N)N. The van der Waals surface area contributed by atoms with E-state index in [0.717, 1.165) is 0 Å². The van der Waals surface area contributed by atoms with Crippen molar-refractivity contribution in [2.24, 2.45) is 33.7 Å². The van der Waals surface area contributed by atoms with E-state index in [-0.39, 0.29) is 11.9 Å². The molecule has 0 heterocycles. The van der Waals surface area contributed by atoms with E-state index < -0.39 is 18.4 Å². The van der Waals surface area contributed by atoms with Crippen LogP contribution in [0.1, 0.15) is 25.7 Å². The van der Waals surface area contributed by atoms with Crippen LogP contribution in [0.2, 0.25) is 0 Å². The Bertz CT molecular complexity index is 357. The van der Waals surface area contributed by atoms with E-state index in [4.69, 9.17) is 28.7 Å². The normalized spacial score (nSPS) is 13.5. The van der Waals surface area contributed by atoms with E-state index in [2.05, 4.69) is 15.6 Å². The van der Waals surface area contributed by atoms with E-state index in [1.165, 1.54) is 0 Å². The van der Waals surface area contributed by atoms with Gasteiger partial charge in [0.05, 0.1) is 12.1 Å². The maximum atomic E-state index is 11.8. The molecule has 0 aliphatic carbocycles. The number of carbonyl (C=O) groups is 2. The number of nitrogens with zero attached hydrogens (tertiary/aromatic N) is 1. The zero-order chi connectivity index (χ0) is 17.0. The summed E-state index contributed by atoms with van der Waals surface area (Å²) >= 11 is 0. The number of carbonyl (C=O) groups excluding carboxylic acids is 2. The van der Waals surface area contributed by atoms with E-state index >= 15 is 0 Å². The van der Waals surface area contributed by atoms with Crippen LogP contribution in [0.3, 0.4) is 0 Å². The molecule has 0 saturated heterocycles. The van der Waals surface area contributed by atoms with Crippen LogP contribution in [0.5, 0.6) is 0 Å². The van der Waals surface area contributed by atoms with Gasteiger partial charge in [-0.1, -0.05) is 0 Å². The Kier molecular flexibility index (Phi) is 10.9. The standard InChI is InChI=1S/C12H28N8O2/c13-9(4-2-6-19-12(16)17)10(22)20-8(7-21)3-1-5-18-11(14)15/h7-9,12,19H,1-6,13,16-17H2,(H,20,22)(H4,14,15,18)/t8-,9-/m1/s1. The number of rotatable bonds is 12. The molecule has 0 aliphatic rings. The number of aldehydes is 1. The summed E-state index contributed by atoms with van der Waals surface area (Å²) in [5, 5.41) is 5.41. The molecule has 2 atom stereocenters. The van der Waals surface area contributed by atoms with Gasteiger partial charge < -0.3 is 38.8 Å². The molecule has 128 valence electrons. The highest BCUT2D eigenvalue weighted by Gasteiger charge is 2.17. The molecule has 0 rings (SSSR count). The van der Waals surface area contributed by atoms with Crippen molar-refractivity contribution in [2.45, 2.75) is 44.1 Å². The summed E-state index contributed by atoms with van der Waals surface area (Å²) in [6, 6.07) is -1.28. The number of aliphatic imine (C=N–C) groups is 1. The molecule has 10 nitrogen and oxygen atoms in total. The Labute approximate surface area is 130 Å². The van der Waals surface area contributed by atoms with Gasteiger partial charge in [-0.25, -0.2) is 0 Å². The summed E-state index contributed by atoms with van der Waals surface area (Å²) in [5.74, 6) is -0.365. The maximum Gasteiger partial charge on any atom is 0.237 e. The van der Waals surface area contributed by atoms with Crippen LogP contribution in [0, 0.1) is 0 Å². The molecule has 0 aromatic carbocycles. The Morgan fingerprint density at radius 1 is 1.14 bits per heavy atom. The van der Waals surface area contributed by atoms with Crippen LogP contribution in [0.4, 0.5) is 0 Å². The Hall–Kier alpha value is -1.75. The van der Waals surface area contributed by atoms with Crippen molar-refractivity contribution in [3.8, 4) is 0 Å².